The highest BCUT2D eigenvalue weighted by Crippen LogP contribution is 2.34. The highest BCUT2D eigenvalue weighted by atomic mass is 15.3. The monoisotopic (exact) mass is 265 g/mol. The third kappa shape index (κ3) is 2.70. The van der Waals surface area contributed by atoms with Crippen LogP contribution in [-0.2, 0) is 0 Å². The van der Waals surface area contributed by atoms with Crippen LogP contribution in [0.25, 0.3) is 0 Å². The maximum absolute atomic E-state index is 3.75. The molecule has 2 atom stereocenters. The maximum Gasteiger partial charge on any atom is 0.0256 e. The molecule has 0 amide bonds. The fraction of sp³-hybridized carbons (Fsp3) is 1.00. The Balaban J connectivity index is 1.78. The summed E-state index contributed by atoms with van der Waals surface area (Å²) in [6, 6.07) is 1.54. The molecule has 3 heteroatoms. The molecular weight excluding hydrogens is 234 g/mol. The highest BCUT2D eigenvalue weighted by molar-refractivity contribution is 5.01. The Bertz CT molecular complexity index is 318. The van der Waals surface area contributed by atoms with Gasteiger partial charge in [-0.05, 0) is 51.6 Å². The fourth-order valence-electron chi connectivity index (χ4n) is 4.42. The Morgan fingerprint density at radius 3 is 2.37 bits per heavy atom. The third-order valence-electron chi connectivity index (χ3n) is 5.61. The average molecular weight is 265 g/mol. The first-order valence-electron chi connectivity index (χ1n) is 8.19. The lowest BCUT2D eigenvalue weighted by atomic mass is 9.80. The number of hydrogen-bond acceptors (Lipinski definition) is 3. The van der Waals surface area contributed by atoms with Crippen LogP contribution in [0.1, 0.15) is 40.5 Å². The predicted molar refractivity (Wildman–Crippen MR) is 80.4 cm³/mol. The molecule has 1 N–H and O–H groups in total. The second-order valence-corrected chi connectivity index (χ2v) is 7.95. The summed E-state index contributed by atoms with van der Waals surface area (Å²) in [5, 5.41) is 3.75. The molecule has 4 heterocycles. The zero-order valence-electron chi connectivity index (χ0n) is 13.2. The Morgan fingerprint density at radius 2 is 1.84 bits per heavy atom. The lowest BCUT2D eigenvalue weighted by Crippen LogP contribution is -2.69. The van der Waals surface area contributed by atoms with Crippen molar-refractivity contribution in [1.29, 1.82) is 0 Å². The van der Waals surface area contributed by atoms with E-state index < -0.39 is 0 Å². The normalized spacial score (nSPS) is 42.8. The van der Waals surface area contributed by atoms with Crippen molar-refractivity contribution in [3.63, 3.8) is 0 Å². The van der Waals surface area contributed by atoms with Crippen LogP contribution in [0.15, 0.2) is 0 Å². The minimum atomic E-state index is 0.275. The van der Waals surface area contributed by atoms with Crippen LogP contribution in [-0.4, -0.2) is 60.1 Å². The third-order valence-corrected chi connectivity index (χ3v) is 5.61. The molecule has 4 fully saturated rings. The van der Waals surface area contributed by atoms with E-state index in [4.69, 9.17) is 0 Å². The van der Waals surface area contributed by atoms with Gasteiger partial charge in [0.15, 0.2) is 0 Å². The van der Waals surface area contributed by atoms with Gasteiger partial charge in [0.25, 0.3) is 0 Å². The Labute approximate surface area is 118 Å². The van der Waals surface area contributed by atoms with Crippen molar-refractivity contribution in [3.05, 3.63) is 0 Å². The van der Waals surface area contributed by atoms with Crippen molar-refractivity contribution in [2.45, 2.75) is 58.2 Å². The summed E-state index contributed by atoms with van der Waals surface area (Å²) in [5.41, 5.74) is 0.275. The molecule has 0 saturated carbocycles. The summed E-state index contributed by atoms with van der Waals surface area (Å²) in [5.74, 6) is 1.71. The number of fused-ring (bicyclic) bond motifs is 3. The van der Waals surface area contributed by atoms with Crippen molar-refractivity contribution in [2.24, 2.45) is 11.8 Å². The van der Waals surface area contributed by atoms with E-state index in [1.54, 1.807) is 0 Å². The molecule has 4 aliphatic rings. The van der Waals surface area contributed by atoms with Gasteiger partial charge in [-0.3, -0.25) is 4.90 Å². The second kappa shape index (κ2) is 5.01. The topological polar surface area (TPSA) is 18.5 Å². The van der Waals surface area contributed by atoms with Crippen LogP contribution >= 0.6 is 0 Å². The fourth-order valence-corrected chi connectivity index (χ4v) is 4.42. The van der Waals surface area contributed by atoms with Gasteiger partial charge in [0, 0.05) is 37.3 Å². The molecule has 0 aliphatic carbocycles. The van der Waals surface area contributed by atoms with Gasteiger partial charge in [-0.25, -0.2) is 0 Å². The van der Waals surface area contributed by atoms with Gasteiger partial charge in [-0.15, -0.1) is 0 Å². The SMILES string of the molecule is CC(C)C1CNC(C)(C)CN1C1CN2CCC1CC2. The molecule has 0 aromatic carbocycles. The summed E-state index contributed by atoms with van der Waals surface area (Å²) in [4.78, 5) is 5.56. The number of rotatable bonds is 2. The van der Waals surface area contributed by atoms with E-state index in [-0.39, 0.29) is 5.54 Å². The van der Waals surface area contributed by atoms with Crippen molar-refractivity contribution >= 4 is 0 Å². The molecule has 4 saturated heterocycles. The largest absolute Gasteiger partial charge is 0.309 e. The molecule has 3 nitrogen and oxygen atoms in total. The first-order chi connectivity index (χ1) is 8.96. The molecular formula is C16H31N3. The number of piperazine rings is 1. The van der Waals surface area contributed by atoms with Gasteiger partial charge in [0.05, 0.1) is 0 Å². The summed E-state index contributed by atoms with van der Waals surface area (Å²) >= 11 is 0. The number of nitrogens with one attached hydrogen (secondary N) is 1. The van der Waals surface area contributed by atoms with Crippen molar-refractivity contribution in [1.82, 2.24) is 15.1 Å². The van der Waals surface area contributed by atoms with Crippen LogP contribution < -0.4 is 5.32 Å². The molecule has 0 radical (unpaired) electrons. The molecule has 0 aromatic heterocycles. The summed E-state index contributed by atoms with van der Waals surface area (Å²) < 4.78 is 0. The minimum absolute atomic E-state index is 0.275. The summed E-state index contributed by atoms with van der Waals surface area (Å²) in [6.07, 6.45) is 2.86. The zero-order valence-corrected chi connectivity index (χ0v) is 13.2. The minimum Gasteiger partial charge on any atom is -0.309 e. The lowest BCUT2D eigenvalue weighted by Gasteiger charge is -2.56. The predicted octanol–water partition coefficient (Wildman–Crippen LogP) is 1.79. The maximum atomic E-state index is 3.75. The van der Waals surface area contributed by atoms with Crippen LogP contribution in [0.4, 0.5) is 0 Å². The van der Waals surface area contributed by atoms with Gasteiger partial charge in [0.2, 0.25) is 0 Å². The summed E-state index contributed by atoms with van der Waals surface area (Å²) in [6.45, 7) is 15.9. The lowest BCUT2D eigenvalue weighted by molar-refractivity contribution is -0.0504. The van der Waals surface area contributed by atoms with E-state index in [0.717, 1.165) is 30.5 Å². The molecule has 19 heavy (non-hydrogen) atoms. The van der Waals surface area contributed by atoms with Crippen molar-refractivity contribution in [2.75, 3.05) is 32.7 Å². The summed E-state index contributed by atoms with van der Waals surface area (Å²) in [7, 11) is 0. The van der Waals surface area contributed by atoms with Gasteiger partial charge in [-0.1, -0.05) is 13.8 Å². The highest BCUT2D eigenvalue weighted by Gasteiger charge is 2.44. The molecule has 2 bridgehead atoms. The average Bonchev–Trinajstić information content (AvgIpc) is 2.38. The first kappa shape index (κ1) is 13.8. The quantitative estimate of drug-likeness (QED) is 0.821. The van der Waals surface area contributed by atoms with Gasteiger partial charge >= 0.3 is 0 Å². The Morgan fingerprint density at radius 1 is 1.16 bits per heavy atom. The number of nitrogens with zero attached hydrogens (tertiary/aromatic N) is 2. The zero-order chi connectivity index (χ0) is 13.6. The van der Waals surface area contributed by atoms with E-state index in [9.17, 15) is 0 Å². The van der Waals surface area contributed by atoms with E-state index in [1.165, 1.54) is 39.0 Å². The second-order valence-electron chi connectivity index (χ2n) is 7.95. The van der Waals surface area contributed by atoms with Gasteiger partial charge in [0.1, 0.15) is 0 Å². The van der Waals surface area contributed by atoms with Gasteiger partial charge in [-0.2, -0.15) is 0 Å². The van der Waals surface area contributed by atoms with Crippen LogP contribution in [0.5, 0.6) is 0 Å². The molecule has 4 aliphatic heterocycles. The van der Waals surface area contributed by atoms with Gasteiger partial charge < -0.3 is 10.2 Å². The van der Waals surface area contributed by atoms with Crippen molar-refractivity contribution < 1.29 is 0 Å². The standard InChI is InChI=1S/C16H31N3/c1-12(2)14-9-17-16(3,4)11-19(14)15-10-18-7-5-13(15)6-8-18/h12-15,17H,5-11H2,1-4H3. The Kier molecular flexibility index (Phi) is 3.65. The number of piperidine rings is 3. The Hall–Kier alpha value is -0.120. The van der Waals surface area contributed by atoms with Crippen molar-refractivity contribution in [3.8, 4) is 0 Å². The van der Waals surface area contributed by atoms with E-state index in [0.29, 0.717) is 0 Å². The molecule has 0 aromatic rings. The van der Waals surface area contributed by atoms with Crippen LogP contribution in [0.2, 0.25) is 0 Å². The van der Waals surface area contributed by atoms with E-state index >= 15 is 0 Å². The van der Waals surface area contributed by atoms with E-state index in [2.05, 4.69) is 42.8 Å². The number of hydrogen-bond donors (Lipinski definition) is 1. The molecule has 2 unspecified atom stereocenters. The first-order valence-corrected chi connectivity index (χ1v) is 8.19. The van der Waals surface area contributed by atoms with Crippen LogP contribution in [0.3, 0.4) is 0 Å². The smallest absolute Gasteiger partial charge is 0.0256 e. The molecule has 4 rings (SSSR count). The molecule has 0 spiro atoms. The van der Waals surface area contributed by atoms with Crippen LogP contribution in [0, 0.1) is 11.8 Å². The molecule has 110 valence electrons. The van der Waals surface area contributed by atoms with E-state index in [1.807, 2.05) is 0 Å².